The minimum Gasteiger partial charge on any atom is -0.339 e. The minimum atomic E-state index is -0.350. The van der Waals surface area contributed by atoms with Gasteiger partial charge in [-0.25, -0.2) is 4.79 Å². The Hall–Kier alpha value is -2.96. The number of hydrogen-bond donors (Lipinski definition) is 0. The monoisotopic (exact) mass is 380 g/mol. The molecule has 0 amide bonds. The zero-order valence-corrected chi connectivity index (χ0v) is 16.5. The lowest BCUT2D eigenvalue weighted by Gasteiger charge is -2.16. The van der Waals surface area contributed by atoms with E-state index in [2.05, 4.69) is 10.1 Å². The van der Waals surface area contributed by atoms with Crippen molar-refractivity contribution < 1.29 is 4.52 Å². The number of aryl methyl sites for hydroxylation is 3. The molecule has 0 radical (unpaired) electrons. The largest absolute Gasteiger partial charge is 0.339 e. The van der Waals surface area contributed by atoms with E-state index in [1.54, 1.807) is 11.5 Å². The molecule has 0 spiro atoms. The van der Waals surface area contributed by atoms with Gasteiger partial charge >= 0.3 is 5.69 Å². The number of nitrogens with zero attached hydrogens (tertiary/aromatic N) is 4. The molecule has 7 heteroatoms. The number of benzene rings is 1. The molecule has 0 N–H and O–H groups in total. The fourth-order valence-electron chi connectivity index (χ4n) is 3.82. The van der Waals surface area contributed by atoms with Gasteiger partial charge < -0.3 is 4.52 Å². The van der Waals surface area contributed by atoms with E-state index in [1.807, 2.05) is 32.0 Å². The van der Waals surface area contributed by atoms with Gasteiger partial charge in [-0.05, 0) is 49.8 Å². The lowest BCUT2D eigenvalue weighted by atomic mass is 10.1. The molecular weight excluding hydrogens is 356 g/mol. The van der Waals surface area contributed by atoms with Crippen molar-refractivity contribution >= 4 is 0 Å². The van der Waals surface area contributed by atoms with Crippen LogP contribution in [0.2, 0.25) is 0 Å². The molecule has 0 bridgehead atoms. The molecule has 1 aliphatic rings. The third kappa shape index (κ3) is 3.21. The van der Waals surface area contributed by atoms with Gasteiger partial charge in [0.1, 0.15) is 5.56 Å². The summed E-state index contributed by atoms with van der Waals surface area (Å²) in [6, 6.07) is 6.00. The SMILES string of the molecule is Cc1nc(-c2c3n(c(=O)n(Cc4ccc(C)c(C)c4)c2=O)CCCCC3)no1. The Morgan fingerprint density at radius 2 is 1.89 bits per heavy atom. The van der Waals surface area contributed by atoms with Crippen molar-refractivity contribution in [3.8, 4) is 11.4 Å². The number of fused-ring (bicyclic) bond motifs is 1. The van der Waals surface area contributed by atoms with Gasteiger partial charge in [0.25, 0.3) is 5.56 Å². The molecular formula is C21H24N4O3. The Morgan fingerprint density at radius 3 is 2.61 bits per heavy atom. The second kappa shape index (κ2) is 7.22. The maximum atomic E-state index is 13.4. The Balaban J connectivity index is 1.93. The van der Waals surface area contributed by atoms with Crippen LogP contribution in [-0.2, 0) is 19.5 Å². The van der Waals surface area contributed by atoms with Crippen LogP contribution < -0.4 is 11.2 Å². The first-order chi connectivity index (χ1) is 13.5. The van der Waals surface area contributed by atoms with Crippen LogP contribution in [-0.4, -0.2) is 19.3 Å². The molecule has 3 heterocycles. The number of rotatable bonds is 3. The molecule has 7 nitrogen and oxygen atoms in total. The minimum absolute atomic E-state index is 0.225. The second-order valence-corrected chi connectivity index (χ2v) is 7.51. The first-order valence-corrected chi connectivity index (χ1v) is 9.69. The third-order valence-corrected chi connectivity index (χ3v) is 5.49. The van der Waals surface area contributed by atoms with E-state index >= 15 is 0 Å². The van der Waals surface area contributed by atoms with Crippen LogP contribution in [0.25, 0.3) is 11.4 Å². The van der Waals surface area contributed by atoms with Gasteiger partial charge in [0.15, 0.2) is 0 Å². The van der Waals surface area contributed by atoms with Crippen molar-refractivity contribution in [1.29, 1.82) is 0 Å². The van der Waals surface area contributed by atoms with Crippen molar-refractivity contribution in [2.45, 2.75) is 59.5 Å². The van der Waals surface area contributed by atoms with E-state index in [0.29, 0.717) is 24.4 Å². The van der Waals surface area contributed by atoms with Gasteiger partial charge in [-0.2, -0.15) is 4.98 Å². The standard InChI is InChI=1S/C21H24N4O3/c1-13-8-9-16(11-14(13)2)12-25-20(26)18(19-22-15(3)28-23-19)17-7-5-4-6-10-24(17)21(25)27/h8-9,11H,4-7,10,12H2,1-3H3. The predicted octanol–water partition coefficient (Wildman–Crippen LogP) is 2.76. The summed E-state index contributed by atoms with van der Waals surface area (Å²) in [5, 5.41) is 3.97. The molecule has 0 unspecified atom stereocenters. The van der Waals surface area contributed by atoms with Crippen molar-refractivity contribution in [3.05, 3.63) is 67.3 Å². The van der Waals surface area contributed by atoms with Gasteiger partial charge in [-0.15, -0.1) is 0 Å². The van der Waals surface area contributed by atoms with Crippen LogP contribution in [0.5, 0.6) is 0 Å². The van der Waals surface area contributed by atoms with Crippen molar-refractivity contribution in [1.82, 2.24) is 19.3 Å². The number of aromatic nitrogens is 4. The first-order valence-electron chi connectivity index (χ1n) is 9.69. The van der Waals surface area contributed by atoms with Gasteiger partial charge in [0.2, 0.25) is 11.7 Å². The highest BCUT2D eigenvalue weighted by molar-refractivity contribution is 5.56. The lowest BCUT2D eigenvalue weighted by molar-refractivity contribution is 0.394. The molecule has 28 heavy (non-hydrogen) atoms. The summed E-state index contributed by atoms with van der Waals surface area (Å²) in [5.41, 5.74) is 3.74. The molecule has 0 saturated heterocycles. The molecule has 3 aromatic rings. The van der Waals surface area contributed by atoms with Crippen LogP contribution in [0.15, 0.2) is 32.3 Å². The Morgan fingerprint density at radius 1 is 1.07 bits per heavy atom. The third-order valence-electron chi connectivity index (χ3n) is 5.49. The summed E-state index contributed by atoms with van der Waals surface area (Å²) < 4.78 is 8.15. The van der Waals surface area contributed by atoms with E-state index < -0.39 is 0 Å². The Bertz CT molecular complexity index is 1150. The maximum absolute atomic E-state index is 13.4. The highest BCUT2D eigenvalue weighted by atomic mass is 16.5. The molecule has 0 saturated carbocycles. The molecule has 1 aliphatic heterocycles. The van der Waals surface area contributed by atoms with E-state index in [-0.39, 0.29) is 23.6 Å². The van der Waals surface area contributed by atoms with E-state index in [0.717, 1.165) is 36.1 Å². The molecule has 0 atom stereocenters. The average Bonchev–Trinajstić information content (AvgIpc) is 2.94. The molecule has 4 rings (SSSR count). The van der Waals surface area contributed by atoms with Crippen molar-refractivity contribution in [2.75, 3.05) is 0 Å². The second-order valence-electron chi connectivity index (χ2n) is 7.51. The highest BCUT2D eigenvalue weighted by Gasteiger charge is 2.24. The van der Waals surface area contributed by atoms with Crippen LogP contribution >= 0.6 is 0 Å². The Labute approximate surface area is 162 Å². The lowest BCUT2D eigenvalue weighted by Crippen LogP contribution is -2.42. The van der Waals surface area contributed by atoms with Crippen LogP contribution in [0, 0.1) is 20.8 Å². The Kier molecular flexibility index (Phi) is 4.75. The first kappa shape index (κ1) is 18.4. The quantitative estimate of drug-likeness (QED) is 0.698. The molecule has 146 valence electrons. The fourth-order valence-corrected chi connectivity index (χ4v) is 3.82. The summed E-state index contributed by atoms with van der Waals surface area (Å²) in [5.74, 6) is 0.663. The number of hydrogen-bond acceptors (Lipinski definition) is 5. The van der Waals surface area contributed by atoms with E-state index in [4.69, 9.17) is 4.52 Å². The van der Waals surface area contributed by atoms with Crippen LogP contribution in [0.1, 0.15) is 47.5 Å². The fraction of sp³-hybridized carbons (Fsp3) is 0.429. The molecule has 0 fully saturated rings. The van der Waals surface area contributed by atoms with Crippen LogP contribution in [0.4, 0.5) is 0 Å². The summed E-state index contributed by atoms with van der Waals surface area (Å²) in [6.07, 6.45) is 3.54. The van der Waals surface area contributed by atoms with Crippen molar-refractivity contribution in [3.63, 3.8) is 0 Å². The van der Waals surface area contributed by atoms with E-state index in [9.17, 15) is 9.59 Å². The van der Waals surface area contributed by atoms with Crippen molar-refractivity contribution in [2.24, 2.45) is 0 Å². The topological polar surface area (TPSA) is 82.9 Å². The van der Waals surface area contributed by atoms with Gasteiger partial charge in [0, 0.05) is 19.2 Å². The summed E-state index contributed by atoms with van der Waals surface area (Å²) >= 11 is 0. The van der Waals surface area contributed by atoms with E-state index in [1.165, 1.54) is 10.1 Å². The predicted molar refractivity (Wildman–Crippen MR) is 106 cm³/mol. The molecule has 1 aromatic carbocycles. The zero-order chi connectivity index (χ0) is 19.8. The molecule has 0 aliphatic carbocycles. The van der Waals surface area contributed by atoms with Gasteiger partial charge in [-0.3, -0.25) is 13.9 Å². The summed E-state index contributed by atoms with van der Waals surface area (Å²) in [6.45, 7) is 6.59. The maximum Gasteiger partial charge on any atom is 0.331 e. The van der Waals surface area contributed by atoms with Crippen LogP contribution in [0.3, 0.4) is 0 Å². The summed E-state index contributed by atoms with van der Waals surface area (Å²) in [4.78, 5) is 30.8. The van der Waals surface area contributed by atoms with Gasteiger partial charge in [-0.1, -0.05) is 29.8 Å². The average molecular weight is 380 g/mol. The molecule has 2 aromatic heterocycles. The smallest absolute Gasteiger partial charge is 0.331 e. The highest BCUT2D eigenvalue weighted by Crippen LogP contribution is 2.21. The van der Waals surface area contributed by atoms with Gasteiger partial charge in [0.05, 0.1) is 6.54 Å². The zero-order valence-electron chi connectivity index (χ0n) is 16.5. The summed E-state index contributed by atoms with van der Waals surface area (Å²) in [7, 11) is 0. The normalized spacial score (nSPS) is 14.0.